The summed E-state index contributed by atoms with van der Waals surface area (Å²) >= 11 is 7.63. The summed E-state index contributed by atoms with van der Waals surface area (Å²) in [5, 5.41) is 8.09. The first-order chi connectivity index (χ1) is 12.6. The van der Waals surface area contributed by atoms with E-state index in [0.717, 1.165) is 29.1 Å². The first kappa shape index (κ1) is 16.5. The van der Waals surface area contributed by atoms with Crippen LogP contribution in [0.25, 0.3) is 11.0 Å². The second-order valence-corrected chi connectivity index (χ2v) is 9.12. The average molecular weight is 385 g/mol. The zero-order valence-corrected chi connectivity index (χ0v) is 16.1. The van der Waals surface area contributed by atoms with E-state index in [-0.39, 0.29) is 23.1 Å². The van der Waals surface area contributed by atoms with Crippen LogP contribution in [0.15, 0.2) is 50.0 Å². The van der Waals surface area contributed by atoms with Crippen molar-refractivity contribution >= 4 is 39.9 Å². The van der Waals surface area contributed by atoms with Crippen LogP contribution < -0.4 is 16.3 Å². The van der Waals surface area contributed by atoms with E-state index in [0.29, 0.717) is 11.1 Å². The van der Waals surface area contributed by atoms with Crippen molar-refractivity contribution in [2.75, 3.05) is 0 Å². The Bertz CT molecular complexity index is 997. The second kappa shape index (κ2) is 6.22. The molecule has 2 aliphatic heterocycles. The molecule has 4 nitrogen and oxygen atoms in total. The summed E-state index contributed by atoms with van der Waals surface area (Å²) < 4.78 is 5.51. The quantitative estimate of drug-likeness (QED) is 0.571. The minimum atomic E-state index is -0.315. The molecule has 4 atom stereocenters. The lowest BCUT2D eigenvalue weighted by Crippen LogP contribution is -2.54. The highest BCUT2D eigenvalue weighted by Crippen LogP contribution is 2.51. The van der Waals surface area contributed by atoms with Gasteiger partial charge in [-0.3, -0.25) is 5.32 Å². The van der Waals surface area contributed by atoms with Crippen molar-refractivity contribution < 1.29 is 4.42 Å². The summed E-state index contributed by atoms with van der Waals surface area (Å²) in [6.45, 7) is 2.32. The Morgan fingerprint density at radius 1 is 1.31 bits per heavy atom. The van der Waals surface area contributed by atoms with Gasteiger partial charge in [0.15, 0.2) is 0 Å². The van der Waals surface area contributed by atoms with Crippen LogP contribution in [0.4, 0.5) is 0 Å². The van der Waals surface area contributed by atoms with Gasteiger partial charge in [-0.25, -0.2) is 4.79 Å². The fourth-order valence-corrected chi connectivity index (χ4v) is 6.45. The maximum Gasteiger partial charge on any atom is 0.342 e. The molecule has 1 saturated heterocycles. The fraction of sp³-hybridized carbons (Fsp3) is 0.400. The normalized spacial score (nSPS) is 30.9. The number of rotatable bonds is 1. The highest BCUT2D eigenvalue weighted by molar-refractivity contribution is 8.04. The Labute approximate surface area is 161 Å². The van der Waals surface area contributed by atoms with Crippen LogP contribution in [0.2, 0.25) is 0 Å². The van der Waals surface area contributed by atoms with Gasteiger partial charge in [0.25, 0.3) is 0 Å². The van der Waals surface area contributed by atoms with Crippen molar-refractivity contribution in [1.29, 1.82) is 0 Å². The molecule has 5 rings (SSSR count). The molecule has 1 aliphatic carbocycles. The monoisotopic (exact) mass is 384 g/mol. The molecule has 3 aliphatic rings. The molecule has 0 radical (unpaired) electrons. The third-order valence-electron chi connectivity index (χ3n) is 5.63. The standard InChI is InChI=1S/C20H20N2O2S2/c1-10-6-7-12-15(8-10)26-19-16(12)18(25)21-17(22-19)13-9-11-4-2-3-5-14(11)24-20(13)23/h2-5,9-10,16-17,19,22H,6-8H2,1H3,(H,21,25). The molecule has 0 bridgehead atoms. The summed E-state index contributed by atoms with van der Waals surface area (Å²) in [5.41, 5.74) is 2.39. The van der Waals surface area contributed by atoms with E-state index in [2.05, 4.69) is 17.6 Å². The van der Waals surface area contributed by atoms with Gasteiger partial charge in [0, 0.05) is 5.39 Å². The molecule has 2 aromatic rings. The summed E-state index contributed by atoms with van der Waals surface area (Å²) in [6.07, 6.45) is 3.22. The predicted octanol–water partition coefficient (Wildman–Crippen LogP) is 4.08. The van der Waals surface area contributed by atoms with Gasteiger partial charge >= 0.3 is 5.63 Å². The van der Waals surface area contributed by atoms with Crippen molar-refractivity contribution in [3.8, 4) is 0 Å². The lowest BCUT2D eigenvalue weighted by atomic mass is 9.83. The van der Waals surface area contributed by atoms with Gasteiger partial charge in [-0.1, -0.05) is 37.3 Å². The lowest BCUT2D eigenvalue weighted by molar-refractivity contribution is 0.400. The molecule has 3 heterocycles. The largest absolute Gasteiger partial charge is 0.422 e. The maximum atomic E-state index is 12.5. The lowest BCUT2D eigenvalue weighted by Gasteiger charge is -2.36. The number of hydrogen-bond donors (Lipinski definition) is 2. The molecule has 1 aromatic heterocycles. The first-order valence-corrected chi connectivity index (χ1v) is 10.4. The van der Waals surface area contributed by atoms with E-state index < -0.39 is 0 Å². The number of thioether (sulfide) groups is 1. The van der Waals surface area contributed by atoms with Crippen LogP contribution in [0, 0.1) is 11.8 Å². The SMILES string of the molecule is CC1CCC2=C(C1)SC1NC(c3cc4ccccc4oc3=O)NC(=S)C21. The van der Waals surface area contributed by atoms with E-state index >= 15 is 0 Å². The second-order valence-electron chi connectivity index (χ2n) is 7.45. The van der Waals surface area contributed by atoms with Gasteiger partial charge in [0.2, 0.25) is 0 Å². The van der Waals surface area contributed by atoms with E-state index in [1.807, 2.05) is 42.1 Å². The number of nitrogens with one attached hydrogen (secondary N) is 2. The summed E-state index contributed by atoms with van der Waals surface area (Å²) in [5.74, 6) is 0.993. The molecule has 6 heteroatoms. The zero-order chi connectivity index (χ0) is 17.8. The minimum Gasteiger partial charge on any atom is -0.422 e. The molecule has 1 fully saturated rings. The van der Waals surface area contributed by atoms with E-state index in [9.17, 15) is 4.79 Å². The van der Waals surface area contributed by atoms with Gasteiger partial charge in [-0.2, -0.15) is 0 Å². The van der Waals surface area contributed by atoms with E-state index in [1.54, 1.807) is 0 Å². The smallest absolute Gasteiger partial charge is 0.342 e. The van der Waals surface area contributed by atoms with Crippen LogP contribution in [0.5, 0.6) is 0 Å². The van der Waals surface area contributed by atoms with Crippen molar-refractivity contribution in [3.05, 3.63) is 56.8 Å². The Morgan fingerprint density at radius 2 is 2.15 bits per heavy atom. The van der Waals surface area contributed by atoms with Crippen LogP contribution >= 0.6 is 24.0 Å². The van der Waals surface area contributed by atoms with Gasteiger partial charge in [-0.05, 0) is 47.8 Å². The first-order valence-electron chi connectivity index (χ1n) is 9.08. The zero-order valence-electron chi connectivity index (χ0n) is 14.5. The number of para-hydroxylation sites is 1. The topological polar surface area (TPSA) is 54.3 Å². The molecule has 0 saturated carbocycles. The molecule has 4 unspecified atom stereocenters. The van der Waals surface area contributed by atoms with Crippen molar-refractivity contribution in [1.82, 2.24) is 10.6 Å². The fourth-order valence-electron chi connectivity index (χ4n) is 4.26. The van der Waals surface area contributed by atoms with Gasteiger partial charge in [-0.15, -0.1) is 11.8 Å². The summed E-state index contributed by atoms with van der Waals surface area (Å²) in [4.78, 5) is 14.9. The van der Waals surface area contributed by atoms with Crippen LogP contribution in [-0.4, -0.2) is 10.4 Å². The van der Waals surface area contributed by atoms with Crippen molar-refractivity contribution in [3.63, 3.8) is 0 Å². The molecule has 26 heavy (non-hydrogen) atoms. The van der Waals surface area contributed by atoms with Crippen molar-refractivity contribution in [2.45, 2.75) is 37.7 Å². The number of allylic oxidation sites excluding steroid dienone is 1. The number of hydrogen-bond acceptors (Lipinski definition) is 5. The van der Waals surface area contributed by atoms with Crippen LogP contribution in [0.1, 0.15) is 37.9 Å². The summed E-state index contributed by atoms with van der Waals surface area (Å²) in [6, 6.07) is 9.49. The number of thiocarbonyl (C=S) groups is 1. The Hall–Kier alpha value is -1.63. The number of benzene rings is 1. The molecular formula is C20H20N2O2S2. The third-order valence-corrected chi connectivity index (χ3v) is 7.37. The third kappa shape index (κ3) is 2.63. The van der Waals surface area contributed by atoms with Crippen molar-refractivity contribution in [2.24, 2.45) is 11.8 Å². The molecule has 1 aromatic carbocycles. The van der Waals surface area contributed by atoms with E-state index in [1.165, 1.54) is 16.9 Å². The molecular weight excluding hydrogens is 364 g/mol. The Kier molecular flexibility index (Phi) is 3.95. The highest BCUT2D eigenvalue weighted by atomic mass is 32.2. The highest BCUT2D eigenvalue weighted by Gasteiger charge is 2.44. The summed E-state index contributed by atoms with van der Waals surface area (Å²) in [7, 11) is 0. The van der Waals surface area contributed by atoms with Gasteiger partial charge in [0.1, 0.15) is 11.7 Å². The Balaban J connectivity index is 1.47. The van der Waals surface area contributed by atoms with Crippen LogP contribution in [-0.2, 0) is 0 Å². The minimum absolute atomic E-state index is 0.204. The maximum absolute atomic E-state index is 12.5. The van der Waals surface area contributed by atoms with Crippen LogP contribution in [0.3, 0.4) is 0 Å². The Morgan fingerprint density at radius 3 is 3.04 bits per heavy atom. The average Bonchev–Trinajstić information content (AvgIpc) is 2.98. The molecule has 2 N–H and O–H groups in total. The molecule has 0 spiro atoms. The van der Waals surface area contributed by atoms with Gasteiger partial charge < -0.3 is 9.73 Å². The van der Waals surface area contributed by atoms with E-state index in [4.69, 9.17) is 16.6 Å². The molecule has 134 valence electrons. The molecule has 0 amide bonds. The predicted molar refractivity (Wildman–Crippen MR) is 109 cm³/mol. The number of fused-ring (bicyclic) bond motifs is 3. The van der Waals surface area contributed by atoms with Gasteiger partial charge in [0.05, 0.1) is 21.8 Å².